The summed E-state index contributed by atoms with van der Waals surface area (Å²) < 4.78 is 5.27. The molecule has 0 bridgehead atoms. The van der Waals surface area contributed by atoms with Crippen molar-refractivity contribution in [2.75, 3.05) is 20.7 Å². The minimum atomic E-state index is -0.159. The number of methoxy groups -OCH3 is 1. The van der Waals surface area contributed by atoms with Gasteiger partial charge in [0.25, 0.3) is 0 Å². The summed E-state index contributed by atoms with van der Waals surface area (Å²) >= 11 is 0. The first-order valence-electron chi connectivity index (χ1n) is 7.16. The normalized spacial score (nSPS) is 16.7. The van der Waals surface area contributed by atoms with Crippen molar-refractivity contribution in [3.8, 4) is 5.75 Å². The van der Waals surface area contributed by atoms with Crippen LogP contribution in [0.2, 0.25) is 0 Å². The molecule has 0 aliphatic heterocycles. The van der Waals surface area contributed by atoms with Gasteiger partial charge in [0.2, 0.25) is 0 Å². The minimum absolute atomic E-state index is 0.159. The van der Waals surface area contributed by atoms with Gasteiger partial charge in [0.1, 0.15) is 5.75 Å². The largest absolute Gasteiger partial charge is 0.497 e. The van der Waals surface area contributed by atoms with Gasteiger partial charge in [0.05, 0.1) is 13.2 Å². The number of ether oxygens (including phenoxy) is 1. The van der Waals surface area contributed by atoms with Crippen molar-refractivity contribution in [3.05, 3.63) is 29.3 Å². The SMILES string of the molecule is CCc1cc(OC)ccc1CN(C)CC(O)C1CC1. The average molecular weight is 263 g/mol. The first-order chi connectivity index (χ1) is 9.13. The number of hydrogen-bond donors (Lipinski definition) is 1. The number of aryl methyl sites for hydroxylation is 1. The highest BCUT2D eigenvalue weighted by Crippen LogP contribution is 2.32. The van der Waals surface area contributed by atoms with Crippen LogP contribution in [0.4, 0.5) is 0 Å². The summed E-state index contributed by atoms with van der Waals surface area (Å²) in [6, 6.07) is 6.26. The van der Waals surface area contributed by atoms with Crippen molar-refractivity contribution in [1.82, 2.24) is 4.90 Å². The van der Waals surface area contributed by atoms with Gasteiger partial charge in [-0.05, 0) is 55.5 Å². The van der Waals surface area contributed by atoms with Crippen LogP contribution in [0, 0.1) is 5.92 Å². The van der Waals surface area contributed by atoms with Crippen LogP contribution in [0.25, 0.3) is 0 Å². The van der Waals surface area contributed by atoms with E-state index in [4.69, 9.17) is 4.74 Å². The number of aliphatic hydroxyl groups excluding tert-OH is 1. The second-order valence-corrected chi connectivity index (χ2v) is 5.59. The smallest absolute Gasteiger partial charge is 0.119 e. The lowest BCUT2D eigenvalue weighted by molar-refractivity contribution is 0.104. The second-order valence-electron chi connectivity index (χ2n) is 5.59. The van der Waals surface area contributed by atoms with Gasteiger partial charge in [0.15, 0.2) is 0 Å². The quantitative estimate of drug-likeness (QED) is 0.820. The molecule has 3 heteroatoms. The third kappa shape index (κ3) is 3.95. The van der Waals surface area contributed by atoms with Crippen LogP contribution in [0.3, 0.4) is 0 Å². The summed E-state index contributed by atoms with van der Waals surface area (Å²) in [7, 11) is 3.78. The van der Waals surface area contributed by atoms with Crippen LogP contribution in [0.15, 0.2) is 18.2 Å². The van der Waals surface area contributed by atoms with Crippen LogP contribution in [0.1, 0.15) is 30.9 Å². The molecule has 1 aromatic carbocycles. The van der Waals surface area contributed by atoms with Crippen LogP contribution < -0.4 is 4.74 Å². The zero-order chi connectivity index (χ0) is 13.8. The summed E-state index contributed by atoms with van der Waals surface area (Å²) in [6.07, 6.45) is 3.23. The van der Waals surface area contributed by atoms with Gasteiger partial charge < -0.3 is 9.84 Å². The topological polar surface area (TPSA) is 32.7 Å². The number of hydrogen-bond acceptors (Lipinski definition) is 3. The standard InChI is InChI=1S/C16H25NO2/c1-4-12-9-15(19-3)8-7-14(12)10-17(2)11-16(18)13-5-6-13/h7-9,13,16,18H,4-6,10-11H2,1-3H3. The number of rotatable bonds is 7. The number of aliphatic hydroxyl groups is 1. The van der Waals surface area contributed by atoms with E-state index in [0.717, 1.165) is 25.3 Å². The number of benzene rings is 1. The van der Waals surface area contributed by atoms with Gasteiger partial charge in [-0.1, -0.05) is 13.0 Å². The summed E-state index contributed by atoms with van der Waals surface area (Å²) in [5, 5.41) is 9.98. The molecular weight excluding hydrogens is 238 g/mol. The van der Waals surface area contributed by atoms with E-state index < -0.39 is 0 Å². The fourth-order valence-corrected chi connectivity index (χ4v) is 2.52. The summed E-state index contributed by atoms with van der Waals surface area (Å²) in [5.74, 6) is 1.46. The molecular formula is C16H25NO2. The Kier molecular flexibility index (Phi) is 4.83. The highest BCUT2D eigenvalue weighted by molar-refractivity contribution is 5.35. The predicted molar refractivity (Wildman–Crippen MR) is 77.4 cm³/mol. The first-order valence-corrected chi connectivity index (χ1v) is 7.16. The molecule has 0 aromatic heterocycles. The number of likely N-dealkylation sites (N-methyl/N-ethyl adjacent to an activating group) is 1. The Morgan fingerprint density at radius 3 is 2.68 bits per heavy atom. The molecule has 106 valence electrons. The molecule has 1 aliphatic rings. The number of nitrogens with zero attached hydrogens (tertiary/aromatic N) is 1. The van der Waals surface area contributed by atoms with Gasteiger partial charge >= 0.3 is 0 Å². The lowest BCUT2D eigenvalue weighted by atomic mass is 10.0. The fourth-order valence-electron chi connectivity index (χ4n) is 2.52. The highest BCUT2D eigenvalue weighted by atomic mass is 16.5. The van der Waals surface area contributed by atoms with Gasteiger partial charge in [0, 0.05) is 13.1 Å². The van der Waals surface area contributed by atoms with Crippen molar-refractivity contribution in [2.45, 2.75) is 38.8 Å². The Bertz CT molecular complexity index is 415. The molecule has 0 amide bonds. The van der Waals surface area contributed by atoms with Crippen molar-refractivity contribution in [3.63, 3.8) is 0 Å². The molecule has 1 aromatic rings. The Balaban J connectivity index is 1.96. The molecule has 2 rings (SSSR count). The lowest BCUT2D eigenvalue weighted by Crippen LogP contribution is -2.30. The van der Waals surface area contributed by atoms with Crippen LogP contribution in [0.5, 0.6) is 5.75 Å². The molecule has 1 saturated carbocycles. The van der Waals surface area contributed by atoms with Gasteiger partial charge in [-0.25, -0.2) is 0 Å². The molecule has 1 unspecified atom stereocenters. The summed E-state index contributed by atoms with van der Waals surface area (Å²) in [6.45, 7) is 3.81. The Morgan fingerprint density at radius 1 is 1.37 bits per heavy atom. The van der Waals surface area contributed by atoms with E-state index in [1.54, 1.807) is 7.11 Å². The van der Waals surface area contributed by atoms with Crippen LogP contribution >= 0.6 is 0 Å². The van der Waals surface area contributed by atoms with Crippen molar-refractivity contribution in [2.24, 2.45) is 5.92 Å². The Hall–Kier alpha value is -1.06. The average Bonchev–Trinajstić information content (AvgIpc) is 3.23. The molecule has 0 saturated heterocycles. The summed E-state index contributed by atoms with van der Waals surface area (Å²) in [5.41, 5.74) is 2.65. The van der Waals surface area contributed by atoms with Crippen molar-refractivity contribution in [1.29, 1.82) is 0 Å². The third-order valence-corrected chi connectivity index (χ3v) is 3.90. The maximum Gasteiger partial charge on any atom is 0.119 e. The third-order valence-electron chi connectivity index (χ3n) is 3.90. The van der Waals surface area contributed by atoms with E-state index >= 15 is 0 Å². The van der Waals surface area contributed by atoms with Crippen molar-refractivity contribution < 1.29 is 9.84 Å². The van der Waals surface area contributed by atoms with Crippen LogP contribution in [-0.2, 0) is 13.0 Å². The van der Waals surface area contributed by atoms with Crippen LogP contribution in [-0.4, -0.2) is 36.8 Å². The van der Waals surface area contributed by atoms with E-state index in [0.29, 0.717) is 5.92 Å². The predicted octanol–water partition coefficient (Wildman–Crippen LogP) is 2.46. The molecule has 1 atom stereocenters. The van der Waals surface area contributed by atoms with E-state index in [9.17, 15) is 5.11 Å². The highest BCUT2D eigenvalue weighted by Gasteiger charge is 2.30. The molecule has 0 spiro atoms. The lowest BCUT2D eigenvalue weighted by Gasteiger charge is -2.22. The first kappa shape index (κ1) is 14.4. The maximum atomic E-state index is 9.98. The van der Waals surface area contributed by atoms with Crippen molar-refractivity contribution >= 4 is 0 Å². The van der Waals surface area contributed by atoms with E-state index in [2.05, 4.69) is 31.0 Å². The van der Waals surface area contributed by atoms with Gasteiger partial charge in [-0.15, -0.1) is 0 Å². The Labute approximate surface area is 116 Å². The van der Waals surface area contributed by atoms with E-state index in [-0.39, 0.29) is 6.10 Å². The zero-order valence-electron chi connectivity index (χ0n) is 12.2. The maximum absolute atomic E-state index is 9.98. The molecule has 1 aliphatic carbocycles. The summed E-state index contributed by atoms with van der Waals surface area (Å²) in [4.78, 5) is 2.21. The molecule has 1 fully saturated rings. The molecule has 0 heterocycles. The zero-order valence-corrected chi connectivity index (χ0v) is 12.2. The molecule has 3 nitrogen and oxygen atoms in total. The van der Waals surface area contributed by atoms with Gasteiger partial charge in [-0.3, -0.25) is 4.90 Å². The second kappa shape index (κ2) is 6.40. The van der Waals surface area contributed by atoms with Gasteiger partial charge in [-0.2, -0.15) is 0 Å². The fraction of sp³-hybridized carbons (Fsp3) is 0.625. The molecule has 0 radical (unpaired) electrons. The van der Waals surface area contributed by atoms with E-state index in [1.807, 2.05) is 6.07 Å². The Morgan fingerprint density at radius 2 is 2.11 bits per heavy atom. The molecule has 19 heavy (non-hydrogen) atoms. The van der Waals surface area contributed by atoms with E-state index in [1.165, 1.54) is 24.0 Å². The molecule has 1 N–H and O–H groups in total. The minimum Gasteiger partial charge on any atom is -0.497 e. The monoisotopic (exact) mass is 263 g/mol.